The molecule has 1 aliphatic rings. The molecule has 6 nitrogen and oxygen atoms in total. The Morgan fingerprint density at radius 3 is 2.36 bits per heavy atom. The van der Waals surface area contributed by atoms with Crippen LogP contribution in [0, 0.1) is 0 Å². The zero-order valence-corrected chi connectivity index (χ0v) is 22.4. The number of hydrogen-bond donors (Lipinski definition) is 0. The number of esters is 1. The third kappa shape index (κ3) is 6.15. The van der Waals surface area contributed by atoms with E-state index in [0.29, 0.717) is 12.2 Å². The second-order valence-electron chi connectivity index (χ2n) is 9.55. The summed E-state index contributed by atoms with van der Waals surface area (Å²) >= 11 is -0.109. The fourth-order valence-corrected chi connectivity index (χ4v) is 5.73. The van der Waals surface area contributed by atoms with Gasteiger partial charge in [-0.3, -0.25) is 0 Å². The first kappa shape index (κ1) is 25.7. The Morgan fingerprint density at radius 2 is 1.79 bits per heavy atom. The van der Waals surface area contributed by atoms with Gasteiger partial charge in [0.05, 0.1) is 0 Å². The van der Waals surface area contributed by atoms with Gasteiger partial charge in [-0.15, -0.1) is 0 Å². The summed E-state index contributed by atoms with van der Waals surface area (Å²) in [4.78, 5) is 16.5. The molecule has 1 atom stereocenters. The molecule has 7 heteroatoms. The van der Waals surface area contributed by atoms with Crippen LogP contribution in [0.5, 0.6) is 5.75 Å². The van der Waals surface area contributed by atoms with Gasteiger partial charge in [0.2, 0.25) is 0 Å². The molecule has 0 aliphatic heterocycles. The summed E-state index contributed by atoms with van der Waals surface area (Å²) < 4.78 is 24.0. The van der Waals surface area contributed by atoms with Crippen LogP contribution >= 0.6 is 0 Å². The molecule has 33 heavy (non-hydrogen) atoms. The van der Waals surface area contributed by atoms with Crippen molar-refractivity contribution >= 4 is 30.0 Å². The van der Waals surface area contributed by atoms with Crippen LogP contribution in [0.15, 0.2) is 30.5 Å². The van der Waals surface area contributed by atoms with Crippen molar-refractivity contribution in [2.24, 2.45) is 0 Å². The van der Waals surface area contributed by atoms with Crippen LogP contribution in [0.2, 0.25) is 0 Å². The van der Waals surface area contributed by atoms with Crippen molar-refractivity contribution in [2.45, 2.75) is 71.5 Å². The number of pyridine rings is 1. The van der Waals surface area contributed by atoms with Gasteiger partial charge in [-0.25, -0.2) is 0 Å². The van der Waals surface area contributed by atoms with Crippen LogP contribution in [0.4, 0.5) is 0 Å². The zero-order valence-electron chi connectivity index (χ0n) is 20.7. The second kappa shape index (κ2) is 10.6. The van der Waals surface area contributed by atoms with Crippen molar-refractivity contribution in [3.63, 3.8) is 0 Å². The first-order valence-corrected chi connectivity index (χ1v) is 13.1. The number of carbonyl (C=O) groups excluding carboxylic acids is 1. The van der Waals surface area contributed by atoms with Crippen molar-refractivity contribution in [1.82, 2.24) is 4.98 Å². The summed E-state index contributed by atoms with van der Waals surface area (Å²) in [6.45, 7) is 13.3. The van der Waals surface area contributed by atoms with Gasteiger partial charge in [-0.05, 0) is 0 Å². The van der Waals surface area contributed by atoms with Gasteiger partial charge in [-0.2, -0.15) is 0 Å². The third-order valence-corrected chi connectivity index (χ3v) is 8.30. The predicted molar refractivity (Wildman–Crippen MR) is 130 cm³/mol. The summed E-state index contributed by atoms with van der Waals surface area (Å²) in [5, 5.41) is 0. The van der Waals surface area contributed by atoms with E-state index in [1.54, 1.807) is 26.3 Å². The summed E-state index contributed by atoms with van der Waals surface area (Å²) in [6, 6.07) is 8.17. The standard InChI is InChI=1S/C26H35NO5Se/c1-8-30-24(28)18-9-10-23(27-15-18)33-22-14-20-19(25(3,4)11-12-26(20,5)6)13-21(22)32-16-31-17(2)29-7/h9-10,13-15,17H,8,11-12,16H2,1-7H3. The van der Waals surface area contributed by atoms with Crippen molar-refractivity contribution in [3.05, 3.63) is 47.2 Å². The molecule has 2 aromatic rings. The van der Waals surface area contributed by atoms with Crippen molar-refractivity contribution in [3.8, 4) is 5.75 Å². The first-order chi connectivity index (χ1) is 15.6. The Morgan fingerprint density at radius 1 is 1.12 bits per heavy atom. The van der Waals surface area contributed by atoms with Crippen LogP contribution < -0.4 is 13.8 Å². The fourth-order valence-electron chi connectivity index (χ4n) is 3.92. The van der Waals surface area contributed by atoms with Crippen molar-refractivity contribution < 1.29 is 23.7 Å². The number of ether oxygens (including phenoxy) is 4. The van der Waals surface area contributed by atoms with Gasteiger partial charge < -0.3 is 0 Å². The van der Waals surface area contributed by atoms with E-state index in [1.807, 2.05) is 13.0 Å². The van der Waals surface area contributed by atoms with Crippen LogP contribution in [0.1, 0.15) is 75.9 Å². The monoisotopic (exact) mass is 521 g/mol. The molecule has 1 aromatic carbocycles. The zero-order chi connectivity index (χ0) is 24.2. The fraction of sp³-hybridized carbons (Fsp3) is 0.538. The number of nitrogens with zero attached hydrogens (tertiary/aromatic N) is 1. The summed E-state index contributed by atoms with van der Waals surface area (Å²) in [7, 11) is 1.61. The van der Waals surface area contributed by atoms with Gasteiger partial charge in [0.25, 0.3) is 0 Å². The Kier molecular flexibility index (Phi) is 8.22. The maximum atomic E-state index is 12.0. The van der Waals surface area contributed by atoms with E-state index in [-0.39, 0.29) is 44.8 Å². The third-order valence-electron chi connectivity index (χ3n) is 6.23. The number of carbonyl (C=O) groups is 1. The Hall–Kier alpha value is -1.92. The average molecular weight is 521 g/mol. The molecule has 0 saturated carbocycles. The van der Waals surface area contributed by atoms with Gasteiger partial charge in [-0.1, -0.05) is 0 Å². The molecule has 0 bridgehead atoms. The topological polar surface area (TPSA) is 66.9 Å². The normalized spacial score (nSPS) is 17.2. The molecule has 0 radical (unpaired) electrons. The molecular formula is C26H35NO5Se. The van der Waals surface area contributed by atoms with E-state index in [0.717, 1.165) is 27.6 Å². The van der Waals surface area contributed by atoms with Crippen LogP contribution in [-0.2, 0) is 25.0 Å². The molecule has 1 heterocycles. The van der Waals surface area contributed by atoms with Gasteiger partial charge >= 0.3 is 204 Å². The van der Waals surface area contributed by atoms with Gasteiger partial charge in [0.1, 0.15) is 0 Å². The minimum absolute atomic E-state index is 0.0781. The number of rotatable bonds is 9. The molecule has 0 amide bonds. The second-order valence-corrected chi connectivity index (χ2v) is 11.8. The Bertz CT molecular complexity index is 971. The average Bonchev–Trinajstić information content (AvgIpc) is 2.78. The molecular weight excluding hydrogens is 485 g/mol. The Balaban J connectivity index is 1.95. The number of fused-ring (bicyclic) bond motifs is 1. The maximum absolute atomic E-state index is 12.0. The van der Waals surface area contributed by atoms with Crippen LogP contribution in [0.3, 0.4) is 0 Å². The molecule has 1 unspecified atom stereocenters. The van der Waals surface area contributed by atoms with E-state index in [9.17, 15) is 4.79 Å². The molecule has 0 fully saturated rings. The van der Waals surface area contributed by atoms with Gasteiger partial charge in [0.15, 0.2) is 0 Å². The Labute approximate surface area is 203 Å². The number of methoxy groups -OCH3 is 1. The van der Waals surface area contributed by atoms with Crippen molar-refractivity contribution in [2.75, 3.05) is 20.5 Å². The number of aromatic nitrogens is 1. The van der Waals surface area contributed by atoms with E-state index in [2.05, 4.69) is 44.8 Å². The minimum atomic E-state index is -0.352. The van der Waals surface area contributed by atoms with E-state index < -0.39 is 0 Å². The predicted octanol–water partition coefficient (Wildman–Crippen LogP) is 3.61. The quantitative estimate of drug-likeness (QED) is 0.286. The molecule has 0 saturated heterocycles. The SMILES string of the molecule is CCOC(=O)c1ccc([Se]c2cc3c(cc2OCOC(C)OC)C(C)(C)CCC3(C)C)nc1. The van der Waals surface area contributed by atoms with Crippen LogP contribution in [0.25, 0.3) is 0 Å². The first-order valence-electron chi connectivity index (χ1n) is 11.3. The molecule has 0 N–H and O–H groups in total. The molecule has 1 aliphatic carbocycles. The van der Waals surface area contributed by atoms with Crippen LogP contribution in [-0.4, -0.2) is 52.7 Å². The molecule has 0 spiro atoms. The summed E-state index contributed by atoms with van der Waals surface area (Å²) in [5.41, 5.74) is 3.34. The van der Waals surface area contributed by atoms with Crippen molar-refractivity contribution in [1.29, 1.82) is 0 Å². The van der Waals surface area contributed by atoms with E-state index in [1.165, 1.54) is 11.1 Å². The van der Waals surface area contributed by atoms with E-state index in [4.69, 9.17) is 18.9 Å². The summed E-state index contributed by atoms with van der Waals surface area (Å²) in [6.07, 6.45) is 3.51. The molecule has 1 aromatic heterocycles. The van der Waals surface area contributed by atoms with E-state index >= 15 is 0 Å². The molecule has 180 valence electrons. The summed E-state index contributed by atoms with van der Waals surface area (Å²) in [5.74, 6) is 0.467. The molecule has 3 rings (SSSR count). The number of benzene rings is 1. The van der Waals surface area contributed by atoms with Gasteiger partial charge in [0, 0.05) is 0 Å². The number of hydrogen-bond acceptors (Lipinski definition) is 6.